The highest BCUT2D eigenvalue weighted by molar-refractivity contribution is 7.13. The van der Waals surface area contributed by atoms with Gasteiger partial charge in [-0.1, -0.05) is 35.9 Å². The first-order chi connectivity index (χ1) is 10.6. The van der Waals surface area contributed by atoms with E-state index in [0.717, 1.165) is 16.1 Å². The number of aromatic nitrogens is 2. The Morgan fingerprint density at radius 1 is 1.14 bits per heavy atom. The second-order valence-corrected chi connectivity index (χ2v) is 5.89. The molecule has 0 aliphatic heterocycles. The summed E-state index contributed by atoms with van der Waals surface area (Å²) < 4.78 is 0. The Kier molecular flexibility index (Phi) is 3.98. The largest absolute Gasteiger partial charge is 0.305 e. The molecule has 0 fully saturated rings. The fourth-order valence-electron chi connectivity index (χ4n) is 1.99. The summed E-state index contributed by atoms with van der Waals surface area (Å²) in [4.78, 5) is 20.8. The van der Waals surface area contributed by atoms with Gasteiger partial charge in [0.1, 0.15) is 16.5 Å². The molecule has 4 nitrogen and oxygen atoms in total. The minimum absolute atomic E-state index is 0.239. The Balaban J connectivity index is 1.80. The number of nitrogens with zero attached hydrogens (tertiary/aromatic N) is 2. The topological polar surface area (TPSA) is 54.9 Å². The third kappa shape index (κ3) is 3.04. The molecule has 0 unspecified atom stereocenters. The Bertz CT molecular complexity index is 809. The summed E-state index contributed by atoms with van der Waals surface area (Å²) in [5.41, 5.74) is 3.54. The number of hydrogen-bond acceptors (Lipinski definition) is 4. The summed E-state index contributed by atoms with van der Waals surface area (Å²) in [6, 6.07) is 11.8. The molecular formula is C17H15N3OS. The van der Waals surface area contributed by atoms with Gasteiger partial charge < -0.3 is 5.32 Å². The van der Waals surface area contributed by atoms with Gasteiger partial charge in [0.15, 0.2) is 0 Å². The number of pyridine rings is 1. The molecule has 0 saturated heterocycles. The smallest absolute Gasteiger partial charge is 0.276 e. The Morgan fingerprint density at radius 3 is 2.64 bits per heavy atom. The molecule has 2 aromatic heterocycles. The van der Waals surface area contributed by atoms with Crippen LogP contribution in [0.3, 0.4) is 0 Å². The van der Waals surface area contributed by atoms with Crippen molar-refractivity contribution < 1.29 is 4.79 Å². The molecular weight excluding hydrogens is 294 g/mol. The molecule has 0 atom stereocenters. The number of thiazole rings is 1. The lowest BCUT2D eigenvalue weighted by atomic mass is 10.2. The zero-order valence-electron chi connectivity index (χ0n) is 12.3. The second-order valence-electron chi connectivity index (χ2n) is 5.03. The van der Waals surface area contributed by atoms with Crippen LogP contribution in [0.5, 0.6) is 0 Å². The van der Waals surface area contributed by atoms with Crippen LogP contribution < -0.4 is 5.32 Å². The van der Waals surface area contributed by atoms with Gasteiger partial charge in [0.25, 0.3) is 5.91 Å². The molecule has 22 heavy (non-hydrogen) atoms. The lowest BCUT2D eigenvalue weighted by Crippen LogP contribution is -2.14. The van der Waals surface area contributed by atoms with E-state index < -0.39 is 0 Å². The lowest BCUT2D eigenvalue weighted by molar-refractivity contribution is 0.102. The fourth-order valence-corrected chi connectivity index (χ4v) is 2.80. The maximum Gasteiger partial charge on any atom is 0.276 e. The van der Waals surface area contributed by atoms with Crippen LogP contribution in [0.2, 0.25) is 0 Å². The second kappa shape index (κ2) is 6.07. The average molecular weight is 309 g/mol. The Labute approximate surface area is 132 Å². The van der Waals surface area contributed by atoms with Gasteiger partial charge in [-0.3, -0.25) is 4.79 Å². The summed E-state index contributed by atoms with van der Waals surface area (Å²) in [6.07, 6.45) is 1.65. The zero-order valence-corrected chi connectivity index (χ0v) is 13.1. The third-order valence-corrected chi connectivity index (χ3v) is 4.17. The van der Waals surface area contributed by atoms with Crippen LogP contribution in [0.1, 0.15) is 21.6 Å². The highest BCUT2D eigenvalue weighted by atomic mass is 32.1. The Hall–Kier alpha value is -2.53. The summed E-state index contributed by atoms with van der Waals surface area (Å²) in [5, 5.41) is 5.40. The minimum Gasteiger partial charge on any atom is -0.305 e. The molecule has 2 heterocycles. The van der Waals surface area contributed by atoms with Crippen molar-refractivity contribution in [1.29, 1.82) is 0 Å². The maximum absolute atomic E-state index is 12.3. The molecule has 0 bridgehead atoms. The van der Waals surface area contributed by atoms with E-state index in [4.69, 9.17) is 0 Å². The lowest BCUT2D eigenvalue weighted by Gasteiger charge is -2.04. The fraction of sp³-hybridized carbons (Fsp3) is 0.118. The number of carbonyl (C=O) groups excluding carboxylic acids is 1. The number of nitrogens with one attached hydrogen (secondary N) is 1. The summed E-state index contributed by atoms with van der Waals surface area (Å²) >= 11 is 1.46. The van der Waals surface area contributed by atoms with Crippen LogP contribution in [-0.4, -0.2) is 15.9 Å². The van der Waals surface area contributed by atoms with E-state index in [0.29, 0.717) is 11.5 Å². The van der Waals surface area contributed by atoms with E-state index >= 15 is 0 Å². The predicted molar refractivity (Wildman–Crippen MR) is 89.2 cm³/mol. The van der Waals surface area contributed by atoms with Crippen molar-refractivity contribution in [3.05, 3.63) is 64.8 Å². The van der Waals surface area contributed by atoms with Gasteiger partial charge in [0.2, 0.25) is 0 Å². The van der Waals surface area contributed by atoms with Crippen LogP contribution in [0.25, 0.3) is 10.6 Å². The van der Waals surface area contributed by atoms with E-state index in [1.54, 1.807) is 11.6 Å². The van der Waals surface area contributed by atoms with Crippen molar-refractivity contribution in [3.8, 4) is 10.6 Å². The molecule has 1 amide bonds. The van der Waals surface area contributed by atoms with Crippen LogP contribution in [0.4, 0.5) is 5.82 Å². The maximum atomic E-state index is 12.3. The standard InChI is InChI=1S/C17H15N3OS/c1-11-5-7-13(8-6-11)17-19-14(10-22-17)16(21)20-15-12(2)4-3-9-18-15/h3-10H,1-2H3,(H,18,20,21). The van der Waals surface area contributed by atoms with E-state index in [-0.39, 0.29) is 5.91 Å². The zero-order chi connectivity index (χ0) is 15.5. The molecule has 3 rings (SSSR count). The van der Waals surface area contributed by atoms with Crippen LogP contribution in [0, 0.1) is 13.8 Å². The first-order valence-corrected chi connectivity index (χ1v) is 7.77. The van der Waals surface area contributed by atoms with Crippen molar-refractivity contribution in [2.45, 2.75) is 13.8 Å². The van der Waals surface area contributed by atoms with Crippen molar-refractivity contribution in [2.75, 3.05) is 5.32 Å². The molecule has 1 aromatic carbocycles. The van der Waals surface area contributed by atoms with Gasteiger partial charge in [-0.15, -0.1) is 11.3 Å². The monoisotopic (exact) mass is 309 g/mol. The Morgan fingerprint density at radius 2 is 1.91 bits per heavy atom. The van der Waals surface area contributed by atoms with Gasteiger partial charge in [-0.05, 0) is 25.5 Å². The number of hydrogen-bond donors (Lipinski definition) is 1. The SMILES string of the molecule is Cc1ccc(-c2nc(C(=O)Nc3ncccc3C)cs2)cc1. The molecule has 1 N–H and O–H groups in total. The molecule has 3 aromatic rings. The summed E-state index contributed by atoms with van der Waals surface area (Å²) in [7, 11) is 0. The number of carbonyl (C=O) groups is 1. The summed E-state index contributed by atoms with van der Waals surface area (Å²) in [6.45, 7) is 3.95. The van der Waals surface area contributed by atoms with Crippen molar-refractivity contribution in [1.82, 2.24) is 9.97 Å². The summed E-state index contributed by atoms with van der Waals surface area (Å²) in [5.74, 6) is 0.328. The van der Waals surface area contributed by atoms with Crippen molar-refractivity contribution in [3.63, 3.8) is 0 Å². The van der Waals surface area contributed by atoms with Gasteiger partial charge in [0.05, 0.1) is 0 Å². The van der Waals surface area contributed by atoms with Gasteiger partial charge in [-0.25, -0.2) is 9.97 Å². The highest BCUT2D eigenvalue weighted by Gasteiger charge is 2.13. The first-order valence-electron chi connectivity index (χ1n) is 6.89. The molecule has 0 radical (unpaired) electrons. The molecule has 110 valence electrons. The van der Waals surface area contributed by atoms with Crippen molar-refractivity contribution in [2.24, 2.45) is 0 Å². The van der Waals surface area contributed by atoms with Crippen LogP contribution >= 0.6 is 11.3 Å². The molecule has 0 saturated carbocycles. The van der Waals surface area contributed by atoms with E-state index in [1.807, 2.05) is 50.2 Å². The minimum atomic E-state index is -0.239. The van der Waals surface area contributed by atoms with Crippen molar-refractivity contribution >= 4 is 23.1 Å². The van der Waals surface area contributed by atoms with Gasteiger partial charge in [0, 0.05) is 17.1 Å². The highest BCUT2D eigenvalue weighted by Crippen LogP contribution is 2.24. The normalized spacial score (nSPS) is 10.5. The number of amides is 1. The number of rotatable bonds is 3. The van der Waals surface area contributed by atoms with E-state index in [9.17, 15) is 4.79 Å². The quantitative estimate of drug-likeness (QED) is 0.793. The number of benzene rings is 1. The molecule has 5 heteroatoms. The van der Waals surface area contributed by atoms with Gasteiger partial charge in [-0.2, -0.15) is 0 Å². The van der Waals surface area contributed by atoms with Crippen LogP contribution in [-0.2, 0) is 0 Å². The van der Waals surface area contributed by atoms with E-state index in [1.165, 1.54) is 16.9 Å². The average Bonchev–Trinajstić information content (AvgIpc) is 3.00. The molecule has 0 aliphatic rings. The third-order valence-electron chi connectivity index (χ3n) is 3.28. The van der Waals surface area contributed by atoms with E-state index in [2.05, 4.69) is 15.3 Å². The molecule has 0 spiro atoms. The van der Waals surface area contributed by atoms with Crippen LogP contribution in [0.15, 0.2) is 48.0 Å². The van der Waals surface area contributed by atoms with Gasteiger partial charge >= 0.3 is 0 Å². The first kappa shape index (κ1) is 14.4. The number of anilines is 1. The predicted octanol–water partition coefficient (Wildman–Crippen LogP) is 4.07. The molecule has 0 aliphatic carbocycles. The number of aryl methyl sites for hydroxylation is 2.